The van der Waals surface area contributed by atoms with Crippen molar-refractivity contribution in [2.24, 2.45) is 11.3 Å². The van der Waals surface area contributed by atoms with Gasteiger partial charge in [0.15, 0.2) is 0 Å². The van der Waals surface area contributed by atoms with Crippen LogP contribution in [-0.2, 0) is 11.3 Å². The molecule has 1 aromatic heterocycles. The zero-order valence-corrected chi connectivity index (χ0v) is 13.8. The van der Waals surface area contributed by atoms with Crippen LogP contribution in [-0.4, -0.2) is 29.1 Å². The summed E-state index contributed by atoms with van der Waals surface area (Å²) >= 11 is 5.31. The summed E-state index contributed by atoms with van der Waals surface area (Å²) in [5, 5.41) is 11.4. The van der Waals surface area contributed by atoms with Crippen molar-refractivity contribution in [1.82, 2.24) is 4.90 Å². The Balaban J connectivity index is 2.02. The van der Waals surface area contributed by atoms with Gasteiger partial charge in [-0.2, -0.15) is 0 Å². The predicted molar refractivity (Wildman–Crippen MR) is 81.4 cm³/mol. The largest absolute Gasteiger partial charge is 0.481 e. The monoisotopic (exact) mass is 345 g/mol. The molecule has 1 aliphatic heterocycles. The molecular formula is C14H20BrNO2S. The molecule has 0 amide bonds. The van der Waals surface area contributed by atoms with E-state index in [1.807, 2.05) is 13.8 Å². The molecule has 1 fully saturated rings. The highest BCUT2D eigenvalue weighted by Gasteiger charge is 2.39. The van der Waals surface area contributed by atoms with Crippen molar-refractivity contribution in [1.29, 1.82) is 0 Å². The van der Waals surface area contributed by atoms with Crippen molar-refractivity contribution >= 4 is 33.2 Å². The predicted octanol–water partition coefficient (Wildman–Crippen LogP) is 3.83. The van der Waals surface area contributed by atoms with Gasteiger partial charge in [-0.1, -0.05) is 0 Å². The molecular weight excluding hydrogens is 326 g/mol. The molecule has 1 aromatic rings. The third-order valence-electron chi connectivity index (χ3n) is 4.14. The minimum Gasteiger partial charge on any atom is -0.481 e. The van der Waals surface area contributed by atoms with Gasteiger partial charge in [0, 0.05) is 22.4 Å². The van der Waals surface area contributed by atoms with Crippen molar-refractivity contribution < 1.29 is 9.90 Å². The molecule has 0 bridgehead atoms. The molecule has 0 saturated carbocycles. The Bertz CT molecular complexity index is 458. The minimum absolute atomic E-state index is 0.234. The van der Waals surface area contributed by atoms with Crippen LogP contribution in [0.4, 0.5) is 0 Å². The van der Waals surface area contributed by atoms with E-state index >= 15 is 0 Å². The third kappa shape index (κ3) is 3.38. The van der Waals surface area contributed by atoms with Crippen molar-refractivity contribution in [2.45, 2.75) is 33.2 Å². The molecule has 2 heterocycles. The number of carboxylic acid groups (broad SMARTS) is 1. The van der Waals surface area contributed by atoms with E-state index in [1.54, 1.807) is 11.3 Å². The lowest BCUT2D eigenvalue weighted by atomic mass is 9.74. The van der Waals surface area contributed by atoms with E-state index in [9.17, 15) is 9.90 Å². The smallest absolute Gasteiger partial charge is 0.309 e. The fraction of sp³-hybridized carbons (Fsp3) is 0.643. The number of aliphatic carboxylic acids is 1. The van der Waals surface area contributed by atoms with Crippen LogP contribution in [0.5, 0.6) is 0 Å². The quantitative estimate of drug-likeness (QED) is 0.901. The van der Waals surface area contributed by atoms with Crippen LogP contribution in [0.2, 0.25) is 0 Å². The van der Waals surface area contributed by atoms with E-state index in [-0.39, 0.29) is 5.92 Å². The van der Waals surface area contributed by atoms with Crippen LogP contribution in [0.25, 0.3) is 0 Å². The number of thiophene rings is 1. The SMILES string of the molecule is CC(C)(C(=O)O)C1CCCN(Cc2sccc2Br)C1. The second-order valence-corrected chi connectivity index (χ2v) is 7.65. The summed E-state index contributed by atoms with van der Waals surface area (Å²) in [6.45, 7) is 6.57. The van der Waals surface area contributed by atoms with Gasteiger partial charge >= 0.3 is 5.97 Å². The van der Waals surface area contributed by atoms with Gasteiger partial charge in [-0.3, -0.25) is 9.69 Å². The number of rotatable bonds is 4. The van der Waals surface area contributed by atoms with Crippen LogP contribution in [0, 0.1) is 11.3 Å². The Morgan fingerprint density at radius 3 is 2.95 bits per heavy atom. The van der Waals surface area contributed by atoms with Gasteiger partial charge in [0.2, 0.25) is 0 Å². The van der Waals surface area contributed by atoms with Crippen molar-refractivity contribution in [3.63, 3.8) is 0 Å². The summed E-state index contributed by atoms with van der Waals surface area (Å²) in [5.74, 6) is -0.450. The number of piperidine rings is 1. The van der Waals surface area contributed by atoms with Crippen molar-refractivity contribution in [2.75, 3.05) is 13.1 Å². The first-order valence-electron chi connectivity index (χ1n) is 6.59. The van der Waals surface area contributed by atoms with Gasteiger partial charge in [0.05, 0.1) is 5.41 Å². The zero-order chi connectivity index (χ0) is 14.0. The molecule has 1 unspecified atom stereocenters. The van der Waals surface area contributed by atoms with Gasteiger partial charge < -0.3 is 5.11 Å². The molecule has 0 radical (unpaired) electrons. The molecule has 5 heteroatoms. The molecule has 1 N–H and O–H groups in total. The highest BCUT2D eigenvalue weighted by Crippen LogP contribution is 2.35. The van der Waals surface area contributed by atoms with Crippen LogP contribution in [0.15, 0.2) is 15.9 Å². The van der Waals surface area contributed by atoms with Crippen LogP contribution in [0.3, 0.4) is 0 Å². The van der Waals surface area contributed by atoms with E-state index in [4.69, 9.17) is 0 Å². The highest BCUT2D eigenvalue weighted by atomic mass is 79.9. The highest BCUT2D eigenvalue weighted by molar-refractivity contribution is 9.10. The lowest BCUT2D eigenvalue weighted by Gasteiger charge is -2.39. The molecule has 0 aliphatic carbocycles. The van der Waals surface area contributed by atoms with E-state index < -0.39 is 11.4 Å². The second-order valence-electron chi connectivity index (χ2n) is 5.79. The third-order valence-corrected chi connectivity index (χ3v) is 6.05. The average Bonchev–Trinajstić information content (AvgIpc) is 2.75. The summed E-state index contributed by atoms with van der Waals surface area (Å²) in [7, 11) is 0. The number of likely N-dealkylation sites (tertiary alicyclic amines) is 1. The normalized spacial score (nSPS) is 21.5. The lowest BCUT2D eigenvalue weighted by molar-refractivity contribution is -0.151. The molecule has 1 atom stereocenters. The fourth-order valence-electron chi connectivity index (χ4n) is 2.60. The molecule has 2 rings (SSSR count). The number of halogens is 1. The summed E-state index contributed by atoms with van der Waals surface area (Å²) < 4.78 is 1.16. The Morgan fingerprint density at radius 1 is 1.63 bits per heavy atom. The molecule has 0 spiro atoms. The summed E-state index contributed by atoms with van der Waals surface area (Å²) in [6, 6.07) is 2.07. The van der Waals surface area contributed by atoms with Gasteiger partial charge in [-0.05, 0) is 66.5 Å². The topological polar surface area (TPSA) is 40.5 Å². The maximum absolute atomic E-state index is 11.4. The summed E-state index contributed by atoms with van der Waals surface area (Å²) in [5.41, 5.74) is -0.634. The van der Waals surface area contributed by atoms with Crippen LogP contribution >= 0.6 is 27.3 Å². The average molecular weight is 346 g/mol. The second kappa shape index (κ2) is 5.94. The summed E-state index contributed by atoms with van der Waals surface area (Å²) in [6.07, 6.45) is 2.10. The first-order valence-corrected chi connectivity index (χ1v) is 8.26. The molecule has 19 heavy (non-hydrogen) atoms. The molecule has 1 saturated heterocycles. The van der Waals surface area contributed by atoms with Gasteiger partial charge in [-0.15, -0.1) is 11.3 Å². The molecule has 1 aliphatic rings. The Morgan fingerprint density at radius 2 is 2.37 bits per heavy atom. The van der Waals surface area contributed by atoms with Gasteiger partial charge in [0.1, 0.15) is 0 Å². The summed E-state index contributed by atoms with van der Waals surface area (Å²) in [4.78, 5) is 15.1. The Kier molecular flexibility index (Phi) is 4.69. The first kappa shape index (κ1) is 15.0. The Labute approximate surface area is 126 Å². The van der Waals surface area contributed by atoms with Crippen LogP contribution in [0.1, 0.15) is 31.6 Å². The molecule has 0 aromatic carbocycles. The number of carbonyl (C=O) groups is 1. The van der Waals surface area contributed by atoms with E-state index in [2.05, 4.69) is 32.3 Å². The minimum atomic E-state index is -0.684. The number of carboxylic acids is 1. The zero-order valence-electron chi connectivity index (χ0n) is 11.4. The lowest BCUT2D eigenvalue weighted by Crippen LogP contribution is -2.44. The molecule has 106 valence electrons. The Hall–Kier alpha value is -0.390. The fourth-order valence-corrected chi connectivity index (χ4v) is 4.12. The number of hydrogen-bond acceptors (Lipinski definition) is 3. The van der Waals surface area contributed by atoms with Gasteiger partial charge in [0.25, 0.3) is 0 Å². The maximum Gasteiger partial charge on any atom is 0.309 e. The standard InChI is InChI=1S/C14H20BrNO2S/c1-14(2,13(17)18)10-4-3-6-16(8-10)9-12-11(15)5-7-19-12/h5,7,10H,3-4,6,8-9H2,1-2H3,(H,17,18). The van der Waals surface area contributed by atoms with Crippen LogP contribution < -0.4 is 0 Å². The molecule has 3 nitrogen and oxygen atoms in total. The van der Waals surface area contributed by atoms with E-state index in [0.717, 1.165) is 36.9 Å². The van der Waals surface area contributed by atoms with Crippen molar-refractivity contribution in [3.8, 4) is 0 Å². The van der Waals surface area contributed by atoms with Crippen molar-refractivity contribution in [3.05, 3.63) is 20.8 Å². The van der Waals surface area contributed by atoms with Gasteiger partial charge in [-0.25, -0.2) is 0 Å². The van der Waals surface area contributed by atoms with E-state index in [0.29, 0.717) is 0 Å². The van der Waals surface area contributed by atoms with E-state index in [1.165, 1.54) is 4.88 Å². The first-order chi connectivity index (χ1) is 8.91. The number of nitrogens with zero attached hydrogens (tertiary/aromatic N) is 1. The number of hydrogen-bond donors (Lipinski definition) is 1. The maximum atomic E-state index is 11.4.